The number of carbonyl (C=O) groups is 2. The molecule has 21 heavy (non-hydrogen) atoms. The van der Waals surface area contributed by atoms with Crippen molar-refractivity contribution in [3.8, 4) is 11.5 Å². The molecule has 0 bridgehead atoms. The zero-order chi connectivity index (χ0) is 15.4. The van der Waals surface area contributed by atoms with Crippen LogP contribution in [0.1, 0.15) is 11.5 Å². The summed E-state index contributed by atoms with van der Waals surface area (Å²) in [6, 6.07) is 5.19. The van der Waals surface area contributed by atoms with Gasteiger partial charge in [-0.25, -0.2) is 0 Å². The molecule has 0 saturated heterocycles. The van der Waals surface area contributed by atoms with E-state index in [-0.39, 0.29) is 6.79 Å². The lowest BCUT2D eigenvalue weighted by Crippen LogP contribution is -2.31. The largest absolute Gasteiger partial charge is 0.468 e. The highest BCUT2D eigenvalue weighted by Crippen LogP contribution is 2.37. The van der Waals surface area contributed by atoms with Crippen LogP contribution in [-0.2, 0) is 19.1 Å². The topological polar surface area (TPSA) is 71.1 Å². The molecule has 1 aromatic carbocycles. The number of fused-ring (bicyclic) bond motifs is 1. The summed E-state index contributed by atoms with van der Waals surface area (Å²) >= 11 is 0. The number of hydrogen-bond donors (Lipinski definition) is 0. The van der Waals surface area contributed by atoms with Crippen LogP contribution in [0.2, 0.25) is 0 Å². The molecule has 1 aromatic rings. The Hall–Kier alpha value is -2.50. The quantitative estimate of drug-likeness (QED) is 0.467. The summed E-state index contributed by atoms with van der Waals surface area (Å²) < 4.78 is 19.9. The molecular weight excluding hydrogens is 276 g/mol. The molecule has 0 aliphatic carbocycles. The number of benzene rings is 1. The molecule has 0 radical (unpaired) electrons. The van der Waals surface area contributed by atoms with E-state index in [1.165, 1.54) is 20.3 Å². The van der Waals surface area contributed by atoms with Gasteiger partial charge in [-0.05, 0) is 17.7 Å². The van der Waals surface area contributed by atoms with Crippen molar-refractivity contribution in [1.82, 2.24) is 0 Å². The third-order valence-electron chi connectivity index (χ3n) is 3.30. The van der Waals surface area contributed by atoms with Crippen LogP contribution in [0.25, 0.3) is 0 Å². The lowest BCUT2D eigenvalue weighted by Gasteiger charge is -2.20. The summed E-state index contributed by atoms with van der Waals surface area (Å²) in [4.78, 5) is 23.8. The smallest absolute Gasteiger partial charge is 0.321 e. The number of allylic oxidation sites excluding steroid dienone is 1. The SMILES string of the molecule is C=C[C@@H](c1ccc2c(c1)OCO2)C(C(=O)OC)C(=O)OC. The molecule has 6 heteroatoms. The maximum absolute atomic E-state index is 11.9. The average Bonchev–Trinajstić information content (AvgIpc) is 2.98. The Labute approximate surface area is 122 Å². The van der Waals surface area contributed by atoms with E-state index in [0.29, 0.717) is 17.1 Å². The van der Waals surface area contributed by atoms with Gasteiger partial charge in [0.05, 0.1) is 14.2 Å². The predicted octanol–water partition coefficient (Wildman–Crippen LogP) is 1.65. The van der Waals surface area contributed by atoms with Crippen LogP contribution in [0.4, 0.5) is 0 Å². The van der Waals surface area contributed by atoms with Crippen molar-refractivity contribution < 1.29 is 28.5 Å². The van der Waals surface area contributed by atoms with Gasteiger partial charge < -0.3 is 18.9 Å². The van der Waals surface area contributed by atoms with Gasteiger partial charge in [-0.15, -0.1) is 6.58 Å². The third kappa shape index (κ3) is 2.84. The van der Waals surface area contributed by atoms with E-state index in [4.69, 9.17) is 9.47 Å². The minimum Gasteiger partial charge on any atom is -0.468 e. The molecule has 6 nitrogen and oxygen atoms in total. The number of rotatable bonds is 5. The minimum absolute atomic E-state index is 0.148. The molecule has 1 aliphatic heterocycles. The molecule has 0 saturated carbocycles. The molecule has 1 aliphatic rings. The van der Waals surface area contributed by atoms with Crippen molar-refractivity contribution in [2.45, 2.75) is 5.92 Å². The zero-order valence-electron chi connectivity index (χ0n) is 11.8. The maximum atomic E-state index is 11.9. The Morgan fingerprint density at radius 2 is 1.81 bits per heavy atom. The Bertz CT molecular complexity index is 549. The average molecular weight is 292 g/mol. The van der Waals surface area contributed by atoms with Crippen molar-refractivity contribution in [2.75, 3.05) is 21.0 Å². The zero-order valence-corrected chi connectivity index (χ0v) is 11.8. The van der Waals surface area contributed by atoms with Crippen molar-refractivity contribution in [3.63, 3.8) is 0 Å². The fourth-order valence-electron chi connectivity index (χ4n) is 2.23. The van der Waals surface area contributed by atoms with E-state index in [0.717, 1.165) is 0 Å². The van der Waals surface area contributed by atoms with Crippen LogP contribution in [0.15, 0.2) is 30.9 Å². The van der Waals surface area contributed by atoms with Gasteiger partial charge in [0.1, 0.15) is 0 Å². The highest BCUT2D eigenvalue weighted by atomic mass is 16.7. The van der Waals surface area contributed by atoms with Gasteiger partial charge in [0.2, 0.25) is 6.79 Å². The first-order valence-corrected chi connectivity index (χ1v) is 6.30. The molecule has 0 spiro atoms. The maximum Gasteiger partial charge on any atom is 0.321 e. The van der Waals surface area contributed by atoms with E-state index < -0.39 is 23.8 Å². The molecular formula is C15H16O6. The van der Waals surface area contributed by atoms with Gasteiger partial charge in [-0.3, -0.25) is 9.59 Å². The van der Waals surface area contributed by atoms with Crippen LogP contribution in [0, 0.1) is 5.92 Å². The monoisotopic (exact) mass is 292 g/mol. The summed E-state index contributed by atoms with van der Waals surface area (Å²) in [5.74, 6) is -1.87. The van der Waals surface area contributed by atoms with Crippen molar-refractivity contribution in [3.05, 3.63) is 36.4 Å². The number of methoxy groups -OCH3 is 2. The van der Waals surface area contributed by atoms with Crippen molar-refractivity contribution in [1.29, 1.82) is 0 Å². The normalized spacial score (nSPS) is 13.7. The van der Waals surface area contributed by atoms with Gasteiger partial charge >= 0.3 is 11.9 Å². The summed E-state index contributed by atoms with van der Waals surface area (Å²) in [5, 5.41) is 0. The molecule has 112 valence electrons. The predicted molar refractivity (Wildman–Crippen MR) is 73.0 cm³/mol. The van der Waals surface area contributed by atoms with Gasteiger partial charge in [0.25, 0.3) is 0 Å². The molecule has 0 amide bonds. The first-order valence-electron chi connectivity index (χ1n) is 6.30. The molecule has 0 aromatic heterocycles. The van der Waals surface area contributed by atoms with E-state index in [1.807, 2.05) is 0 Å². The van der Waals surface area contributed by atoms with Crippen LogP contribution in [-0.4, -0.2) is 33.0 Å². The highest BCUT2D eigenvalue weighted by molar-refractivity contribution is 5.96. The Morgan fingerprint density at radius 1 is 1.19 bits per heavy atom. The molecule has 1 atom stereocenters. The first-order chi connectivity index (χ1) is 10.1. The van der Waals surface area contributed by atoms with Gasteiger partial charge in [0, 0.05) is 5.92 Å². The van der Waals surface area contributed by atoms with Gasteiger partial charge in [-0.2, -0.15) is 0 Å². The van der Waals surface area contributed by atoms with Crippen LogP contribution >= 0.6 is 0 Å². The fourth-order valence-corrected chi connectivity index (χ4v) is 2.23. The number of hydrogen-bond acceptors (Lipinski definition) is 6. The first kappa shape index (κ1) is 14.9. The summed E-state index contributed by atoms with van der Waals surface area (Å²) in [7, 11) is 2.44. The van der Waals surface area contributed by atoms with Crippen molar-refractivity contribution >= 4 is 11.9 Å². The lowest BCUT2D eigenvalue weighted by atomic mass is 9.85. The molecule has 0 unspecified atom stereocenters. The van der Waals surface area contributed by atoms with Crippen LogP contribution in [0.3, 0.4) is 0 Å². The molecule has 1 heterocycles. The Kier molecular flexibility index (Phi) is 4.47. The lowest BCUT2D eigenvalue weighted by molar-refractivity contribution is -0.159. The van der Waals surface area contributed by atoms with Gasteiger partial charge in [-0.1, -0.05) is 12.1 Å². The second kappa shape index (κ2) is 6.30. The van der Waals surface area contributed by atoms with Crippen LogP contribution in [0.5, 0.6) is 11.5 Å². The van der Waals surface area contributed by atoms with Crippen molar-refractivity contribution in [2.24, 2.45) is 5.92 Å². The standard InChI is InChI=1S/C15H16O6/c1-4-10(13(14(16)18-2)15(17)19-3)9-5-6-11-12(7-9)21-8-20-11/h4-7,10,13H,1,8H2,2-3H3/t10-/m0/s1. The molecule has 0 N–H and O–H groups in total. The molecule has 0 fully saturated rings. The minimum atomic E-state index is -1.11. The summed E-state index contributed by atoms with van der Waals surface area (Å²) in [6.45, 7) is 3.85. The van der Waals surface area contributed by atoms with E-state index in [9.17, 15) is 9.59 Å². The number of carbonyl (C=O) groups excluding carboxylic acids is 2. The second-order valence-electron chi connectivity index (χ2n) is 4.40. The third-order valence-corrected chi connectivity index (χ3v) is 3.30. The number of ether oxygens (including phenoxy) is 4. The summed E-state index contributed by atoms with van der Waals surface area (Å²) in [6.07, 6.45) is 1.51. The van der Waals surface area contributed by atoms with E-state index in [2.05, 4.69) is 16.1 Å². The fraction of sp³-hybridized carbons (Fsp3) is 0.333. The highest BCUT2D eigenvalue weighted by Gasteiger charge is 2.36. The van der Waals surface area contributed by atoms with Gasteiger partial charge in [0.15, 0.2) is 17.4 Å². The van der Waals surface area contributed by atoms with Crippen LogP contribution < -0.4 is 9.47 Å². The Morgan fingerprint density at radius 3 is 2.38 bits per heavy atom. The second-order valence-corrected chi connectivity index (χ2v) is 4.40. The Balaban J connectivity index is 2.38. The van der Waals surface area contributed by atoms with E-state index >= 15 is 0 Å². The summed E-state index contributed by atoms with van der Waals surface area (Å²) in [5.41, 5.74) is 0.690. The van der Waals surface area contributed by atoms with E-state index in [1.54, 1.807) is 18.2 Å². The molecule has 2 rings (SSSR count). The number of esters is 2.